The van der Waals surface area contributed by atoms with Gasteiger partial charge in [0.1, 0.15) is 0 Å². The predicted octanol–water partition coefficient (Wildman–Crippen LogP) is 0.648. The van der Waals surface area contributed by atoms with Crippen LogP contribution in [0.15, 0.2) is 11.4 Å². The van der Waals surface area contributed by atoms with E-state index in [9.17, 15) is 10.1 Å². The van der Waals surface area contributed by atoms with Gasteiger partial charge in [0.2, 0.25) is 0 Å². The Kier molecular flexibility index (Phi) is 2.74. The van der Waals surface area contributed by atoms with Gasteiger partial charge in [-0.15, -0.1) is 0 Å². The minimum Gasteiger partial charge on any atom is -0.394 e. The van der Waals surface area contributed by atoms with E-state index in [1.807, 2.05) is 0 Å². The van der Waals surface area contributed by atoms with Crippen LogP contribution in [0, 0.1) is 10.1 Å². The van der Waals surface area contributed by atoms with Gasteiger partial charge in [-0.05, 0) is 5.56 Å². The first kappa shape index (κ1) is 9.11. The topological polar surface area (TPSA) is 89.4 Å². The van der Waals surface area contributed by atoms with Gasteiger partial charge in [-0.25, -0.2) is 0 Å². The number of thiophene rings is 1. The standard InChI is InChI=1S/C6H8N2O3S/c7-5(2-9)4-1-6(8(10)11)12-3-4/h1,3,5,9H,2,7H2/t5-/m1/s1. The lowest BCUT2D eigenvalue weighted by molar-refractivity contribution is -0.380. The molecule has 1 atom stereocenters. The van der Waals surface area contributed by atoms with Gasteiger partial charge in [0.25, 0.3) is 0 Å². The lowest BCUT2D eigenvalue weighted by atomic mass is 10.2. The van der Waals surface area contributed by atoms with Crippen LogP contribution < -0.4 is 5.73 Å². The summed E-state index contributed by atoms with van der Waals surface area (Å²) in [6, 6.07) is 0.862. The van der Waals surface area contributed by atoms with E-state index >= 15 is 0 Å². The third kappa shape index (κ3) is 1.79. The molecule has 1 aromatic rings. The molecule has 0 saturated heterocycles. The number of nitro groups is 1. The summed E-state index contributed by atoms with van der Waals surface area (Å²) in [4.78, 5) is 9.76. The fourth-order valence-corrected chi connectivity index (χ4v) is 1.52. The van der Waals surface area contributed by atoms with Crippen molar-refractivity contribution in [2.45, 2.75) is 6.04 Å². The lowest BCUT2D eigenvalue weighted by Gasteiger charge is -2.02. The molecule has 0 aliphatic carbocycles. The molecule has 0 unspecified atom stereocenters. The van der Waals surface area contributed by atoms with Crippen molar-refractivity contribution < 1.29 is 10.0 Å². The average molecular weight is 188 g/mol. The highest BCUT2D eigenvalue weighted by Crippen LogP contribution is 2.25. The quantitative estimate of drug-likeness (QED) is 0.538. The van der Waals surface area contributed by atoms with E-state index in [4.69, 9.17) is 10.8 Å². The van der Waals surface area contributed by atoms with Crippen molar-refractivity contribution in [1.29, 1.82) is 0 Å². The van der Waals surface area contributed by atoms with E-state index < -0.39 is 11.0 Å². The number of rotatable bonds is 3. The Morgan fingerprint density at radius 2 is 2.50 bits per heavy atom. The molecule has 66 valence electrons. The molecule has 0 fully saturated rings. The Morgan fingerprint density at radius 1 is 1.83 bits per heavy atom. The van der Waals surface area contributed by atoms with Crippen LogP contribution in [0.2, 0.25) is 0 Å². The van der Waals surface area contributed by atoms with E-state index in [2.05, 4.69) is 0 Å². The van der Waals surface area contributed by atoms with Crippen LogP contribution in [0.4, 0.5) is 5.00 Å². The van der Waals surface area contributed by atoms with Crippen LogP contribution in [-0.2, 0) is 0 Å². The zero-order valence-corrected chi connectivity index (χ0v) is 6.95. The molecule has 12 heavy (non-hydrogen) atoms. The van der Waals surface area contributed by atoms with E-state index in [0.717, 1.165) is 11.3 Å². The summed E-state index contributed by atoms with van der Waals surface area (Å²) in [5.41, 5.74) is 6.05. The van der Waals surface area contributed by atoms with Crippen LogP contribution in [0.1, 0.15) is 11.6 Å². The van der Waals surface area contributed by atoms with Gasteiger partial charge >= 0.3 is 5.00 Å². The maximum Gasteiger partial charge on any atom is 0.324 e. The van der Waals surface area contributed by atoms with Gasteiger partial charge in [0.15, 0.2) is 0 Å². The summed E-state index contributed by atoms with van der Waals surface area (Å²) in [5.74, 6) is 0. The Morgan fingerprint density at radius 3 is 2.92 bits per heavy atom. The lowest BCUT2D eigenvalue weighted by Crippen LogP contribution is -2.13. The largest absolute Gasteiger partial charge is 0.394 e. The average Bonchev–Trinajstić information content (AvgIpc) is 2.51. The van der Waals surface area contributed by atoms with Crippen molar-refractivity contribution in [3.8, 4) is 0 Å². The minimum absolute atomic E-state index is 0.0499. The normalized spacial score (nSPS) is 12.8. The highest BCUT2D eigenvalue weighted by atomic mass is 32.1. The first-order valence-corrected chi connectivity index (χ1v) is 4.12. The third-order valence-corrected chi connectivity index (χ3v) is 2.31. The van der Waals surface area contributed by atoms with Gasteiger partial charge < -0.3 is 10.8 Å². The van der Waals surface area contributed by atoms with Crippen molar-refractivity contribution in [3.63, 3.8) is 0 Å². The van der Waals surface area contributed by atoms with Crippen LogP contribution in [0.25, 0.3) is 0 Å². The number of nitrogens with two attached hydrogens (primary N) is 1. The van der Waals surface area contributed by atoms with Crippen molar-refractivity contribution in [2.75, 3.05) is 6.61 Å². The molecule has 1 aromatic heterocycles. The molecule has 0 amide bonds. The van der Waals surface area contributed by atoms with Crippen molar-refractivity contribution in [1.82, 2.24) is 0 Å². The number of aliphatic hydroxyl groups excluding tert-OH is 1. The monoisotopic (exact) mass is 188 g/mol. The van der Waals surface area contributed by atoms with Crippen LogP contribution in [-0.4, -0.2) is 16.6 Å². The van der Waals surface area contributed by atoms with Gasteiger partial charge in [0.05, 0.1) is 17.6 Å². The molecule has 0 aromatic carbocycles. The molecule has 1 rings (SSSR count). The third-order valence-electron chi connectivity index (χ3n) is 1.41. The smallest absolute Gasteiger partial charge is 0.324 e. The van der Waals surface area contributed by atoms with Crippen LogP contribution in [0.5, 0.6) is 0 Å². The van der Waals surface area contributed by atoms with Gasteiger partial charge in [-0.3, -0.25) is 10.1 Å². The predicted molar refractivity (Wildman–Crippen MR) is 45.0 cm³/mol. The summed E-state index contributed by atoms with van der Waals surface area (Å²) in [7, 11) is 0. The molecule has 0 saturated carbocycles. The number of hydrogen-bond acceptors (Lipinski definition) is 5. The molecule has 0 bridgehead atoms. The van der Waals surface area contributed by atoms with Crippen molar-refractivity contribution in [3.05, 3.63) is 27.1 Å². The highest BCUT2D eigenvalue weighted by Gasteiger charge is 2.13. The fraction of sp³-hybridized carbons (Fsp3) is 0.333. The zero-order chi connectivity index (χ0) is 9.14. The Bertz CT molecular complexity index is 286. The molecule has 0 spiro atoms. The second kappa shape index (κ2) is 3.61. The number of nitrogens with zero attached hydrogens (tertiary/aromatic N) is 1. The molecule has 5 nitrogen and oxygen atoms in total. The van der Waals surface area contributed by atoms with Gasteiger partial charge in [0, 0.05) is 11.4 Å². The number of hydrogen-bond donors (Lipinski definition) is 2. The van der Waals surface area contributed by atoms with Crippen LogP contribution >= 0.6 is 11.3 Å². The van der Waals surface area contributed by atoms with E-state index in [0.29, 0.717) is 5.56 Å². The minimum atomic E-state index is -0.519. The maximum atomic E-state index is 10.2. The summed E-state index contributed by atoms with van der Waals surface area (Å²) >= 11 is 1.01. The van der Waals surface area contributed by atoms with Crippen molar-refractivity contribution in [2.24, 2.45) is 5.73 Å². The van der Waals surface area contributed by atoms with Gasteiger partial charge in [-0.1, -0.05) is 11.3 Å². The number of aliphatic hydroxyl groups is 1. The summed E-state index contributed by atoms with van der Waals surface area (Å²) < 4.78 is 0. The summed E-state index contributed by atoms with van der Waals surface area (Å²) in [6.07, 6.45) is 0. The molecule has 0 radical (unpaired) electrons. The molecular formula is C6H8N2O3S. The summed E-state index contributed by atoms with van der Waals surface area (Å²) in [6.45, 7) is -0.201. The second-order valence-corrected chi connectivity index (χ2v) is 3.15. The Labute approximate surface area is 72.6 Å². The molecule has 0 aliphatic heterocycles. The molecule has 3 N–H and O–H groups in total. The fourth-order valence-electron chi connectivity index (χ4n) is 0.735. The van der Waals surface area contributed by atoms with Crippen molar-refractivity contribution >= 4 is 16.3 Å². The first-order valence-electron chi connectivity index (χ1n) is 3.24. The molecule has 6 heteroatoms. The molecular weight excluding hydrogens is 180 g/mol. The zero-order valence-electron chi connectivity index (χ0n) is 6.14. The summed E-state index contributed by atoms with van der Waals surface area (Å²) in [5, 5.41) is 20.5. The van der Waals surface area contributed by atoms with E-state index in [1.165, 1.54) is 6.07 Å². The molecule has 1 heterocycles. The Hall–Kier alpha value is -0.980. The van der Waals surface area contributed by atoms with Gasteiger partial charge in [-0.2, -0.15) is 0 Å². The molecule has 0 aliphatic rings. The first-order chi connectivity index (χ1) is 5.65. The van der Waals surface area contributed by atoms with E-state index in [1.54, 1.807) is 5.38 Å². The maximum absolute atomic E-state index is 10.2. The SMILES string of the molecule is N[C@H](CO)c1csc([N+](=O)[O-])c1. The highest BCUT2D eigenvalue weighted by molar-refractivity contribution is 7.13. The second-order valence-electron chi connectivity index (χ2n) is 2.26. The van der Waals surface area contributed by atoms with Crippen LogP contribution in [0.3, 0.4) is 0 Å². The Balaban J connectivity index is 2.84. The van der Waals surface area contributed by atoms with E-state index in [-0.39, 0.29) is 11.6 Å².